The summed E-state index contributed by atoms with van der Waals surface area (Å²) in [6.07, 6.45) is 2.18. The van der Waals surface area contributed by atoms with Crippen molar-refractivity contribution in [2.75, 3.05) is 9.80 Å². The van der Waals surface area contributed by atoms with E-state index < -0.39 is 0 Å². The predicted octanol–water partition coefficient (Wildman–Crippen LogP) is 13.9. The molecule has 0 N–H and O–H groups in total. The molecule has 7 aromatic rings. The first kappa shape index (κ1) is 39.4. The average molecular weight is 799 g/mol. The van der Waals surface area contributed by atoms with Crippen LogP contribution in [0.1, 0.15) is 110 Å². The van der Waals surface area contributed by atoms with Crippen molar-refractivity contribution in [2.24, 2.45) is 0 Å². The van der Waals surface area contributed by atoms with Crippen LogP contribution in [0.2, 0.25) is 0 Å². The molecule has 0 bridgehead atoms. The van der Waals surface area contributed by atoms with Crippen LogP contribution >= 0.6 is 0 Å². The van der Waals surface area contributed by atoms with Gasteiger partial charge in [0.2, 0.25) is 0 Å². The molecule has 0 unspecified atom stereocenters. The quantitative estimate of drug-likeness (QED) is 0.165. The SMILES string of the molecule is Cc1cc2c3c(c1)N(c1ccc(C(C)(C)C)cc1)c1c(oc4c1C(C)(C)CCC4(C)C)B3c1cc(-c3ccccc3)ccc1N2c1ccccc1-c1ccc(C(C)(C)C)cc1. The van der Waals surface area contributed by atoms with Gasteiger partial charge in [0, 0.05) is 39.3 Å². The predicted molar refractivity (Wildman–Crippen MR) is 261 cm³/mol. The maximum absolute atomic E-state index is 7.60. The first-order valence-electron chi connectivity index (χ1n) is 22.3. The molecular formula is C57H59BN2O. The number of hydrogen-bond donors (Lipinski definition) is 0. The van der Waals surface area contributed by atoms with E-state index >= 15 is 0 Å². The molecule has 3 nitrogen and oxygen atoms in total. The van der Waals surface area contributed by atoms with Crippen LogP contribution in [0.5, 0.6) is 0 Å². The second-order valence-electron chi connectivity index (χ2n) is 21.4. The zero-order valence-corrected chi connectivity index (χ0v) is 38.0. The number of hydrogen-bond acceptors (Lipinski definition) is 3. The van der Waals surface area contributed by atoms with Gasteiger partial charge >= 0.3 is 0 Å². The Bertz CT molecular complexity index is 2830. The van der Waals surface area contributed by atoms with Gasteiger partial charge in [-0.15, -0.1) is 0 Å². The highest BCUT2D eigenvalue weighted by atomic mass is 16.3. The second-order valence-corrected chi connectivity index (χ2v) is 21.4. The van der Waals surface area contributed by atoms with Gasteiger partial charge < -0.3 is 14.2 Å². The zero-order chi connectivity index (χ0) is 42.8. The first-order valence-corrected chi connectivity index (χ1v) is 22.3. The largest absolute Gasteiger partial charge is 0.472 e. The highest BCUT2D eigenvalue weighted by molar-refractivity contribution is 6.99. The Hall–Kier alpha value is -5.74. The molecule has 0 spiro atoms. The first-order chi connectivity index (χ1) is 28.9. The van der Waals surface area contributed by atoms with Crippen LogP contribution in [0.25, 0.3) is 22.3 Å². The van der Waals surface area contributed by atoms with E-state index in [-0.39, 0.29) is 28.4 Å². The summed E-state index contributed by atoms with van der Waals surface area (Å²) in [5.74, 6) is 1.14. The van der Waals surface area contributed by atoms with E-state index in [1.165, 1.54) is 83.9 Å². The van der Waals surface area contributed by atoms with E-state index in [4.69, 9.17) is 4.42 Å². The molecule has 0 saturated heterocycles. The number of aryl methyl sites for hydroxylation is 1. The monoisotopic (exact) mass is 798 g/mol. The van der Waals surface area contributed by atoms with Gasteiger partial charge in [0.25, 0.3) is 6.71 Å². The highest BCUT2D eigenvalue weighted by Crippen LogP contribution is 2.55. The third kappa shape index (κ3) is 6.31. The van der Waals surface area contributed by atoms with Crippen LogP contribution in [0.4, 0.5) is 34.1 Å². The lowest BCUT2D eigenvalue weighted by molar-refractivity contribution is 0.282. The Kier molecular flexibility index (Phi) is 8.81. The van der Waals surface area contributed by atoms with Crippen LogP contribution in [-0.2, 0) is 21.7 Å². The number of rotatable bonds is 4. The summed E-state index contributed by atoms with van der Waals surface area (Å²) in [5, 5.41) is 0. The normalized spacial score (nSPS) is 16.1. The molecule has 1 aliphatic carbocycles. The van der Waals surface area contributed by atoms with E-state index in [1.807, 2.05) is 0 Å². The van der Waals surface area contributed by atoms with Crippen LogP contribution in [0.3, 0.4) is 0 Å². The molecule has 0 fully saturated rings. The number of anilines is 6. The molecule has 0 atom stereocenters. The van der Waals surface area contributed by atoms with Gasteiger partial charge in [-0.2, -0.15) is 0 Å². The summed E-state index contributed by atoms with van der Waals surface area (Å²) in [6, 6.07) is 50.4. The summed E-state index contributed by atoms with van der Waals surface area (Å²) in [7, 11) is 0. The molecule has 0 amide bonds. The Morgan fingerprint density at radius 2 is 1.11 bits per heavy atom. The van der Waals surface area contributed by atoms with Gasteiger partial charge in [-0.3, -0.25) is 0 Å². The van der Waals surface area contributed by atoms with E-state index in [0.717, 1.165) is 29.9 Å². The molecule has 1 aromatic heterocycles. The Morgan fingerprint density at radius 3 is 1.77 bits per heavy atom. The molecule has 10 rings (SSSR count). The number of nitrogens with zero attached hydrogens (tertiary/aromatic N) is 2. The maximum atomic E-state index is 7.60. The smallest absolute Gasteiger partial charge is 0.297 e. The Morgan fingerprint density at radius 1 is 0.541 bits per heavy atom. The summed E-state index contributed by atoms with van der Waals surface area (Å²) in [4.78, 5) is 5.14. The van der Waals surface area contributed by atoms with E-state index in [1.54, 1.807) is 0 Å². The summed E-state index contributed by atoms with van der Waals surface area (Å²) in [5.41, 5.74) is 20.8. The fourth-order valence-corrected chi connectivity index (χ4v) is 10.4. The lowest BCUT2D eigenvalue weighted by Crippen LogP contribution is -2.61. The number of benzene rings is 6. The standard InChI is InChI=1S/C57H59BN2O/c1-36-33-47-50-48(34-36)60(45-20-16-15-19-43(45)38-21-24-40(25-22-38)54(2,3)4)46-30-23-39(37-17-13-12-14-18-37)35-44(46)58(50)53-51(49-52(61-53)57(10,11)32-31-56(49,8)9)59(47)42-28-26-41(27-29-42)55(5,6)7/h12-30,33-35H,31-32H2,1-11H3. The Balaban J connectivity index is 1.30. The van der Waals surface area contributed by atoms with Crippen molar-refractivity contribution in [3.8, 4) is 22.3 Å². The minimum atomic E-state index is -0.115. The fourth-order valence-electron chi connectivity index (χ4n) is 10.4. The topological polar surface area (TPSA) is 19.6 Å². The van der Waals surface area contributed by atoms with Crippen LogP contribution in [0.15, 0.2) is 138 Å². The van der Waals surface area contributed by atoms with Gasteiger partial charge in [-0.05, 0) is 117 Å². The summed E-state index contributed by atoms with van der Waals surface area (Å²) in [6.45, 7) is 25.5. The van der Waals surface area contributed by atoms with Crippen LogP contribution < -0.4 is 26.4 Å². The van der Waals surface area contributed by atoms with Gasteiger partial charge in [-0.25, -0.2) is 0 Å². The van der Waals surface area contributed by atoms with E-state index in [2.05, 4.69) is 219 Å². The Labute approximate surface area is 364 Å². The zero-order valence-electron chi connectivity index (χ0n) is 38.0. The number of fused-ring (bicyclic) bond motifs is 6. The van der Waals surface area contributed by atoms with E-state index in [0.29, 0.717) is 0 Å². The lowest BCUT2D eigenvalue weighted by atomic mass is 9.35. The maximum Gasteiger partial charge on any atom is 0.297 e. The molecular weight excluding hydrogens is 739 g/mol. The minimum absolute atomic E-state index is 0.0428. The van der Waals surface area contributed by atoms with Crippen molar-refractivity contribution in [1.82, 2.24) is 0 Å². The second kappa shape index (κ2) is 13.6. The number of furan rings is 1. The van der Waals surface area contributed by atoms with Crippen molar-refractivity contribution < 1.29 is 4.42 Å². The van der Waals surface area contributed by atoms with E-state index in [9.17, 15) is 0 Å². The third-order valence-corrected chi connectivity index (χ3v) is 14.0. The molecule has 3 aliphatic rings. The molecule has 3 heterocycles. The molecule has 6 aromatic carbocycles. The van der Waals surface area contributed by atoms with Gasteiger partial charge in [-0.1, -0.05) is 166 Å². The van der Waals surface area contributed by atoms with Crippen molar-refractivity contribution in [3.63, 3.8) is 0 Å². The van der Waals surface area contributed by atoms with Crippen molar-refractivity contribution in [1.29, 1.82) is 0 Å². The van der Waals surface area contributed by atoms with Gasteiger partial charge in [0.05, 0.1) is 17.0 Å². The third-order valence-electron chi connectivity index (χ3n) is 14.0. The van der Waals surface area contributed by atoms with Crippen molar-refractivity contribution in [3.05, 3.63) is 161 Å². The molecule has 2 aliphatic heterocycles. The summed E-state index contributed by atoms with van der Waals surface area (Å²) >= 11 is 0. The lowest BCUT2D eigenvalue weighted by Gasteiger charge is -2.44. The van der Waals surface area contributed by atoms with Crippen LogP contribution in [0, 0.1) is 6.92 Å². The fraction of sp³-hybridized carbons (Fsp3) is 0.298. The van der Waals surface area contributed by atoms with Crippen molar-refractivity contribution >= 4 is 57.4 Å². The average Bonchev–Trinajstić information content (AvgIpc) is 3.65. The molecule has 306 valence electrons. The van der Waals surface area contributed by atoms with Crippen molar-refractivity contribution in [2.45, 2.75) is 111 Å². The molecule has 0 radical (unpaired) electrons. The molecule has 4 heteroatoms. The summed E-state index contributed by atoms with van der Waals surface area (Å²) < 4.78 is 7.60. The van der Waals surface area contributed by atoms with Gasteiger partial charge in [0.1, 0.15) is 5.76 Å². The number of para-hydroxylation sites is 1. The van der Waals surface area contributed by atoms with Crippen LogP contribution in [-0.4, -0.2) is 6.71 Å². The molecule has 61 heavy (non-hydrogen) atoms. The molecule has 0 saturated carbocycles. The minimum Gasteiger partial charge on any atom is -0.472 e. The van der Waals surface area contributed by atoms with Gasteiger partial charge in [0.15, 0.2) is 0 Å². The highest BCUT2D eigenvalue weighted by Gasteiger charge is 2.52.